The van der Waals surface area contributed by atoms with Gasteiger partial charge in [0.25, 0.3) is 0 Å². The van der Waals surface area contributed by atoms with Gasteiger partial charge in [-0.25, -0.2) is 13.1 Å². The van der Waals surface area contributed by atoms with Crippen LogP contribution >= 0.6 is 24.2 Å². The van der Waals surface area contributed by atoms with Gasteiger partial charge in [0.2, 0.25) is 10.0 Å². The highest BCUT2D eigenvalue weighted by atomic mass is 35.5. The second-order valence-electron chi connectivity index (χ2n) is 4.21. The van der Waals surface area contributed by atoms with Crippen molar-refractivity contribution in [3.63, 3.8) is 0 Å². The molecule has 108 valence electrons. The quantitative estimate of drug-likeness (QED) is 0.837. The minimum Gasteiger partial charge on any atom is -0.308 e. The van der Waals surface area contributed by atoms with Crippen LogP contribution in [0.25, 0.3) is 0 Å². The van der Waals surface area contributed by atoms with Crippen LogP contribution in [0, 0.1) is 0 Å². The molecule has 9 heteroatoms. The number of nitrogens with zero attached hydrogens (tertiary/aromatic N) is 3. The molecule has 0 aliphatic rings. The first kappa shape index (κ1) is 15.3. The summed E-state index contributed by atoms with van der Waals surface area (Å²) in [7, 11) is -1.93. The smallest absolute Gasteiger partial charge is 0.241 e. The van der Waals surface area contributed by atoms with Crippen LogP contribution in [0.4, 0.5) is 0 Å². The molecule has 0 aliphatic carbocycles. The third-order valence-corrected chi connectivity index (χ3v) is 4.93. The maximum Gasteiger partial charge on any atom is 0.241 e. The van der Waals surface area contributed by atoms with E-state index in [0.717, 1.165) is 0 Å². The van der Waals surface area contributed by atoms with Crippen molar-refractivity contribution in [2.45, 2.75) is 23.0 Å². The summed E-state index contributed by atoms with van der Waals surface area (Å²) in [4.78, 5) is 0.141. The van der Waals surface area contributed by atoms with Gasteiger partial charge < -0.3 is 4.57 Å². The molecule has 6 nitrogen and oxygen atoms in total. The van der Waals surface area contributed by atoms with Gasteiger partial charge >= 0.3 is 0 Å². The summed E-state index contributed by atoms with van der Waals surface area (Å²) >= 11 is 9.84. The Morgan fingerprint density at radius 3 is 2.40 bits per heavy atom. The molecule has 1 aromatic carbocycles. The summed E-state index contributed by atoms with van der Waals surface area (Å²) in [6, 6.07) is 5.40. The van der Waals surface area contributed by atoms with Crippen molar-refractivity contribution in [1.29, 1.82) is 0 Å². The first-order valence-corrected chi connectivity index (χ1v) is 7.98. The van der Waals surface area contributed by atoms with E-state index in [1.807, 2.05) is 0 Å². The molecule has 0 unspecified atom stereocenters. The molecule has 1 heterocycles. The van der Waals surface area contributed by atoms with Crippen LogP contribution in [0.15, 0.2) is 34.3 Å². The predicted molar refractivity (Wildman–Crippen MR) is 78.4 cm³/mol. The normalized spacial score (nSPS) is 13.4. The number of benzene rings is 1. The van der Waals surface area contributed by atoms with Crippen molar-refractivity contribution in [3.8, 4) is 0 Å². The molecular weight excluding hydrogens is 320 g/mol. The highest BCUT2D eigenvalue weighted by molar-refractivity contribution is 7.89. The summed E-state index contributed by atoms with van der Waals surface area (Å²) in [5, 5.41) is 8.56. The van der Waals surface area contributed by atoms with Crippen molar-refractivity contribution >= 4 is 34.3 Å². The van der Waals surface area contributed by atoms with E-state index in [-0.39, 0.29) is 4.90 Å². The molecule has 0 saturated carbocycles. The summed E-state index contributed by atoms with van der Waals surface area (Å²) < 4.78 is 28.6. The van der Waals surface area contributed by atoms with E-state index in [2.05, 4.69) is 27.5 Å². The number of thiol groups is 1. The third-order valence-electron chi connectivity index (χ3n) is 2.73. The van der Waals surface area contributed by atoms with Gasteiger partial charge in [0.05, 0.1) is 10.9 Å². The van der Waals surface area contributed by atoms with E-state index < -0.39 is 16.1 Å². The molecule has 2 aromatic rings. The van der Waals surface area contributed by atoms with Gasteiger partial charge in [0.15, 0.2) is 11.0 Å². The Bertz CT molecular complexity index is 713. The molecule has 0 radical (unpaired) electrons. The monoisotopic (exact) mass is 332 g/mol. The van der Waals surface area contributed by atoms with E-state index in [1.54, 1.807) is 18.5 Å². The van der Waals surface area contributed by atoms with E-state index in [9.17, 15) is 8.42 Å². The van der Waals surface area contributed by atoms with Crippen LogP contribution in [0.2, 0.25) is 5.02 Å². The van der Waals surface area contributed by atoms with Crippen LogP contribution in [0.5, 0.6) is 0 Å². The summed E-state index contributed by atoms with van der Waals surface area (Å²) in [6.07, 6.45) is 0. The minimum absolute atomic E-state index is 0.141. The van der Waals surface area contributed by atoms with Crippen LogP contribution in [-0.4, -0.2) is 23.2 Å². The predicted octanol–water partition coefficient (Wildman–Crippen LogP) is 1.80. The Hall–Kier alpha value is -1.09. The van der Waals surface area contributed by atoms with Gasteiger partial charge in [-0.15, -0.1) is 22.8 Å². The minimum atomic E-state index is -3.65. The molecule has 20 heavy (non-hydrogen) atoms. The van der Waals surface area contributed by atoms with E-state index in [4.69, 9.17) is 11.6 Å². The molecule has 1 atom stereocenters. The number of halogens is 1. The SMILES string of the molecule is C[C@@H](NS(=O)(=O)c1ccc(Cl)cc1)c1nnc(S)n1C. The zero-order chi connectivity index (χ0) is 14.9. The number of hydrogen-bond donors (Lipinski definition) is 2. The molecule has 0 aliphatic heterocycles. The average Bonchev–Trinajstić information content (AvgIpc) is 2.70. The van der Waals surface area contributed by atoms with E-state index in [0.29, 0.717) is 16.0 Å². The first-order chi connectivity index (χ1) is 9.31. The first-order valence-electron chi connectivity index (χ1n) is 5.67. The van der Waals surface area contributed by atoms with Gasteiger partial charge in [-0.2, -0.15) is 0 Å². The van der Waals surface area contributed by atoms with Crippen molar-refractivity contribution in [2.24, 2.45) is 7.05 Å². The van der Waals surface area contributed by atoms with Gasteiger partial charge in [-0.1, -0.05) is 11.6 Å². The van der Waals surface area contributed by atoms with E-state index >= 15 is 0 Å². The van der Waals surface area contributed by atoms with Gasteiger partial charge in [-0.3, -0.25) is 0 Å². The Morgan fingerprint density at radius 1 is 1.30 bits per heavy atom. The van der Waals surface area contributed by atoms with Crippen molar-refractivity contribution in [3.05, 3.63) is 35.1 Å². The van der Waals surface area contributed by atoms with Crippen molar-refractivity contribution < 1.29 is 8.42 Å². The second kappa shape index (κ2) is 5.72. The molecule has 0 fully saturated rings. The molecule has 0 bridgehead atoms. The third kappa shape index (κ3) is 3.14. The van der Waals surface area contributed by atoms with E-state index in [1.165, 1.54) is 24.3 Å². The second-order valence-corrected chi connectivity index (χ2v) is 6.76. The highest BCUT2D eigenvalue weighted by Gasteiger charge is 2.21. The summed E-state index contributed by atoms with van der Waals surface area (Å²) in [5.74, 6) is 0.479. The molecule has 1 aromatic heterocycles. The topological polar surface area (TPSA) is 76.9 Å². The van der Waals surface area contributed by atoms with Crippen molar-refractivity contribution in [2.75, 3.05) is 0 Å². The van der Waals surface area contributed by atoms with Gasteiger partial charge in [0, 0.05) is 12.1 Å². The molecule has 0 amide bonds. The van der Waals surface area contributed by atoms with Gasteiger partial charge in [-0.05, 0) is 31.2 Å². The number of aromatic nitrogens is 3. The van der Waals surface area contributed by atoms with Gasteiger partial charge in [0.1, 0.15) is 0 Å². The lowest BCUT2D eigenvalue weighted by Gasteiger charge is -2.13. The molecular formula is C11H13ClN4O2S2. The lowest BCUT2D eigenvalue weighted by Crippen LogP contribution is -2.28. The average molecular weight is 333 g/mol. The zero-order valence-electron chi connectivity index (χ0n) is 10.8. The lowest BCUT2D eigenvalue weighted by molar-refractivity contribution is 0.551. The Morgan fingerprint density at radius 2 is 1.90 bits per heavy atom. The van der Waals surface area contributed by atoms with Crippen LogP contribution in [0.3, 0.4) is 0 Å². The number of nitrogens with one attached hydrogen (secondary N) is 1. The zero-order valence-corrected chi connectivity index (χ0v) is 13.2. The van der Waals surface area contributed by atoms with Crippen LogP contribution in [0.1, 0.15) is 18.8 Å². The van der Waals surface area contributed by atoms with Crippen LogP contribution < -0.4 is 4.72 Å². The highest BCUT2D eigenvalue weighted by Crippen LogP contribution is 2.18. The number of hydrogen-bond acceptors (Lipinski definition) is 5. The fourth-order valence-electron chi connectivity index (χ4n) is 1.68. The fraction of sp³-hybridized carbons (Fsp3) is 0.273. The Kier molecular flexibility index (Phi) is 4.38. The summed E-state index contributed by atoms with van der Waals surface area (Å²) in [5.41, 5.74) is 0. The molecule has 1 N–H and O–H groups in total. The van der Waals surface area contributed by atoms with Crippen LogP contribution in [-0.2, 0) is 17.1 Å². The maximum atomic E-state index is 12.2. The maximum absolute atomic E-state index is 12.2. The Balaban J connectivity index is 2.24. The number of rotatable bonds is 4. The standard InChI is InChI=1S/C11H13ClN4O2S2/c1-7(10-13-14-11(19)16(10)2)15-20(17,18)9-5-3-8(12)4-6-9/h3-7,15H,1-2H3,(H,14,19)/t7-/m1/s1. The molecule has 0 spiro atoms. The molecule has 0 saturated heterocycles. The number of sulfonamides is 1. The summed E-state index contributed by atoms with van der Waals surface area (Å²) in [6.45, 7) is 1.69. The lowest BCUT2D eigenvalue weighted by atomic mass is 10.3. The Labute approximate surface area is 127 Å². The fourth-order valence-corrected chi connectivity index (χ4v) is 3.15. The largest absolute Gasteiger partial charge is 0.308 e. The molecule has 2 rings (SSSR count). The van der Waals surface area contributed by atoms with Crippen molar-refractivity contribution in [1.82, 2.24) is 19.5 Å².